The number of aromatic nitrogens is 2. The van der Waals surface area contributed by atoms with E-state index in [1.54, 1.807) is 6.07 Å². The lowest BCUT2D eigenvalue weighted by atomic mass is 10.4. The van der Waals surface area contributed by atoms with Gasteiger partial charge in [0.25, 0.3) is 0 Å². The van der Waals surface area contributed by atoms with Crippen LogP contribution in [-0.2, 0) is 0 Å². The Morgan fingerprint density at radius 2 is 2.27 bits per heavy atom. The zero-order chi connectivity index (χ0) is 7.84. The Balaban J connectivity index is 2.87. The van der Waals surface area contributed by atoms with Crippen LogP contribution in [0.1, 0.15) is 0 Å². The maximum atomic E-state index is 5.72. The van der Waals surface area contributed by atoms with Gasteiger partial charge >= 0.3 is 0 Å². The predicted octanol–water partition coefficient (Wildman–Crippen LogP) is 2.82. The van der Waals surface area contributed by atoms with Gasteiger partial charge in [0.15, 0.2) is 0 Å². The summed E-state index contributed by atoms with van der Waals surface area (Å²) in [7, 11) is 0. The van der Waals surface area contributed by atoms with Crippen LogP contribution in [0, 0.1) is 3.57 Å². The standard InChI is InChI=1S/C7H4ClIN2/c8-6-2-1-5-7(11-6)4(9)3-10-5/h1-3,10H. The summed E-state index contributed by atoms with van der Waals surface area (Å²) in [4.78, 5) is 7.25. The summed E-state index contributed by atoms with van der Waals surface area (Å²) >= 11 is 7.94. The minimum atomic E-state index is 0.537. The molecule has 0 spiro atoms. The number of H-pyrrole nitrogens is 1. The van der Waals surface area contributed by atoms with Crippen molar-refractivity contribution in [3.63, 3.8) is 0 Å². The third kappa shape index (κ3) is 1.22. The first-order valence-electron chi connectivity index (χ1n) is 3.06. The van der Waals surface area contributed by atoms with Crippen LogP contribution in [0.3, 0.4) is 0 Å². The highest BCUT2D eigenvalue weighted by molar-refractivity contribution is 14.1. The molecular weight excluding hydrogens is 274 g/mol. The highest BCUT2D eigenvalue weighted by Gasteiger charge is 2.01. The lowest BCUT2D eigenvalue weighted by Crippen LogP contribution is -1.76. The van der Waals surface area contributed by atoms with Crippen molar-refractivity contribution in [1.82, 2.24) is 9.97 Å². The molecule has 2 aromatic heterocycles. The third-order valence-electron chi connectivity index (χ3n) is 1.44. The third-order valence-corrected chi connectivity index (χ3v) is 2.47. The molecule has 0 saturated carbocycles. The molecule has 2 nitrogen and oxygen atoms in total. The molecule has 0 bridgehead atoms. The topological polar surface area (TPSA) is 28.7 Å². The van der Waals surface area contributed by atoms with Gasteiger partial charge in [-0.2, -0.15) is 0 Å². The molecular formula is C7H4ClIN2. The van der Waals surface area contributed by atoms with Crippen LogP contribution in [-0.4, -0.2) is 9.97 Å². The number of hydrogen-bond acceptors (Lipinski definition) is 1. The average Bonchev–Trinajstić information content (AvgIpc) is 2.33. The fourth-order valence-electron chi connectivity index (χ4n) is 0.943. The number of pyridine rings is 1. The first-order valence-corrected chi connectivity index (χ1v) is 4.52. The number of fused-ring (bicyclic) bond motifs is 1. The molecule has 0 aliphatic rings. The number of aromatic amines is 1. The van der Waals surface area contributed by atoms with Crippen molar-refractivity contribution < 1.29 is 0 Å². The van der Waals surface area contributed by atoms with E-state index in [4.69, 9.17) is 11.6 Å². The van der Waals surface area contributed by atoms with Crippen molar-refractivity contribution in [3.05, 3.63) is 27.1 Å². The van der Waals surface area contributed by atoms with Crippen LogP contribution < -0.4 is 0 Å². The summed E-state index contributed by atoms with van der Waals surface area (Å²) in [6, 6.07) is 3.70. The largest absolute Gasteiger partial charge is 0.359 e. The Hall–Kier alpha value is -0.290. The fraction of sp³-hybridized carbons (Fsp3) is 0. The van der Waals surface area contributed by atoms with Crippen LogP contribution >= 0.6 is 34.2 Å². The lowest BCUT2D eigenvalue weighted by Gasteiger charge is -1.89. The molecule has 0 fully saturated rings. The number of rotatable bonds is 0. The van der Waals surface area contributed by atoms with Gasteiger partial charge in [-0.15, -0.1) is 0 Å². The van der Waals surface area contributed by atoms with Gasteiger partial charge in [0, 0.05) is 6.20 Å². The van der Waals surface area contributed by atoms with E-state index in [-0.39, 0.29) is 0 Å². The summed E-state index contributed by atoms with van der Waals surface area (Å²) in [5.41, 5.74) is 1.97. The van der Waals surface area contributed by atoms with Gasteiger partial charge in [0.05, 0.1) is 9.09 Å². The summed E-state index contributed by atoms with van der Waals surface area (Å²) < 4.78 is 1.10. The van der Waals surface area contributed by atoms with E-state index in [0.717, 1.165) is 14.6 Å². The van der Waals surface area contributed by atoms with E-state index >= 15 is 0 Å². The summed E-state index contributed by atoms with van der Waals surface area (Å²) in [5.74, 6) is 0. The quantitative estimate of drug-likeness (QED) is 0.582. The highest BCUT2D eigenvalue weighted by Crippen LogP contribution is 2.19. The molecule has 0 unspecified atom stereocenters. The van der Waals surface area contributed by atoms with Gasteiger partial charge in [-0.3, -0.25) is 0 Å². The average molecular weight is 278 g/mol. The number of halogens is 2. The maximum Gasteiger partial charge on any atom is 0.129 e. The minimum absolute atomic E-state index is 0.537. The van der Waals surface area contributed by atoms with E-state index in [1.165, 1.54) is 0 Å². The normalized spacial score (nSPS) is 10.7. The molecule has 0 aromatic carbocycles. The van der Waals surface area contributed by atoms with Gasteiger partial charge in [-0.25, -0.2) is 4.98 Å². The first-order chi connectivity index (χ1) is 5.27. The first kappa shape index (κ1) is 7.36. The second-order valence-corrected chi connectivity index (χ2v) is 3.72. The Labute approximate surface area is 82.1 Å². The summed E-state index contributed by atoms with van der Waals surface area (Å²) in [5, 5.41) is 0.537. The van der Waals surface area contributed by atoms with E-state index in [9.17, 15) is 0 Å². The van der Waals surface area contributed by atoms with Crippen molar-refractivity contribution >= 4 is 45.2 Å². The molecule has 11 heavy (non-hydrogen) atoms. The smallest absolute Gasteiger partial charge is 0.129 e. The Morgan fingerprint density at radius 3 is 3.09 bits per heavy atom. The molecule has 0 aliphatic heterocycles. The van der Waals surface area contributed by atoms with Gasteiger partial charge in [-0.1, -0.05) is 11.6 Å². The molecule has 0 aliphatic carbocycles. The van der Waals surface area contributed by atoms with E-state index in [0.29, 0.717) is 5.15 Å². The van der Waals surface area contributed by atoms with E-state index in [2.05, 4.69) is 32.6 Å². The molecule has 2 aromatic rings. The second-order valence-electron chi connectivity index (χ2n) is 2.17. The zero-order valence-corrected chi connectivity index (χ0v) is 8.35. The monoisotopic (exact) mass is 278 g/mol. The number of hydrogen-bond donors (Lipinski definition) is 1. The number of nitrogens with one attached hydrogen (secondary N) is 1. The Bertz CT molecular complexity index is 396. The van der Waals surface area contributed by atoms with Crippen molar-refractivity contribution in [2.75, 3.05) is 0 Å². The van der Waals surface area contributed by atoms with E-state index in [1.807, 2.05) is 12.3 Å². The van der Waals surface area contributed by atoms with Crippen LogP contribution in [0.5, 0.6) is 0 Å². The second kappa shape index (κ2) is 2.64. The Kier molecular flexibility index (Phi) is 1.77. The van der Waals surface area contributed by atoms with E-state index < -0.39 is 0 Å². The van der Waals surface area contributed by atoms with Crippen LogP contribution in [0.25, 0.3) is 11.0 Å². The van der Waals surface area contributed by atoms with Crippen LogP contribution in [0.15, 0.2) is 18.3 Å². The van der Waals surface area contributed by atoms with Crippen molar-refractivity contribution in [3.8, 4) is 0 Å². The zero-order valence-electron chi connectivity index (χ0n) is 5.44. The van der Waals surface area contributed by atoms with Gasteiger partial charge in [-0.05, 0) is 34.7 Å². The highest BCUT2D eigenvalue weighted by atomic mass is 127. The molecule has 2 heterocycles. The van der Waals surface area contributed by atoms with Crippen LogP contribution in [0.2, 0.25) is 5.15 Å². The van der Waals surface area contributed by atoms with Crippen molar-refractivity contribution in [1.29, 1.82) is 0 Å². The molecule has 4 heteroatoms. The molecule has 0 saturated heterocycles. The van der Waals surface area contributed by atoms with Gasteiger partial charge < -0.3 is 4.98 Å². The predicted molar refractivity (Wildman–Crippen MR) is 53.8 cm³/mol. The molecule has 0 atom stereocenters. The van der Waals surface area contributed by atoms with Gasteiger partial charge in [0.1, 0.15) is 10.7 Å². The lowest BCUT2D eigenvalue weighted by molar-refractivity contribution is 1.40. The molecule has 56 valence electrons. The van der Waals surface area contributed by atoms with Crippen molar-refractivity contribution in [2.24, 2.45) is 0 Å². The SMILES string of the molecule is Clc1ccc2[nH]cc(I)c2n1. The molecule has 0 amide bonds. The summed E-state index contributed by atoms with van der Waals surface area (Å²) in [6.07, 6.45) is 1.91. The number of nitrogens with zero attached hydrogens (tertiary/aromatic N) is 1. The summed E-state index contributed by atoms with van der Waals surface area (Å²) in [6.45, 7) is 0. The fourth-order valence-corrected chi connectivity index (χ4v) is 1.66. The maximum absolute atomic E-state index is 5.72. The van der Waals surface area contributed by atoms with Crippen LogP contribution in [0.4, 0.5) is 0 Å². The molecule has 0 radical (unpaired) electrons. The van der Waals surface area contributed by atoms with Gasteiger partial charge in [0.2, 0.25) is 0 Å². The molecule has 1 N–H and O–H groups in total. The Morgan fingerprint density at radius 1 is 1.45 bits per heavy atom. The minimum Gasteiger partial charge on any atom is -0.359 e. The van der Waals surface area contributed by atoms with Crippen molar-refractivity contribution in [2.45, 2.75) is 0 Å². The molecule has 2 rings (SSSR count).